The molecule has 0 fully saturated rings. The van der Waals surface area contributed by atoms with E-state index >= 15 is 0 Å². The molecule has 124 valence electrons. The Labute approximate surface area is 141 Å². The number of nitrogens with one attached hydrogen (secondary N) is 1. The fourth-order valence-corrected chi connectivity index (χ4v) is 2.52. The maximum atomic E-state index is 12.0. The lowest BCUT2D eigenvalue weighted by atomic mass is 10.1. The molecule has 2 aromatic heterocycles. The number of anilines is 1. The number of benzene rings is 1. The SMILES string of the molecule is Cc1ccccc1Cn1ccc(NC(=O)CCn2nccc2C)n1. The predicted octanol–water partition coefficient (Wildman–Crippen LogP) is 2.77. The summed E-state index contributed by atoms with van der Waals surface area (Å²) in [6, 6.07) is 11.9. The molecular formula is C18H21N5O. The monoisotopic (exact) mass is 323 g/mol. The Hall–Kier alpha value is -2.89. The van der Waals surface area contributed by atoms with Gasteiger partial charge in [0.15, 0.2) is 5.82 Å². The molecular weight excluding hydrogens is 302 g/mol. The van der Waals surface area contributed by atoms with Gasteiger partial charge in [-0.3, -0.25) is 14.2 Å². The highest BCUT2D eigenvalue weighted by Gasteiger charge is 2.07. The minimum absolute atomic E-state index is 0.0639. The van der Waals surface area contributed by atoms with E-state index < -0.39 is 0 Å². The topological polar surface area (TPSA) is 64.7 Å². The molecule has 3 aromatic rings. The molecule has 0 spiro atoms. The highest BCUT2D eigenvalue weighted by molar-refractivity contribution is 5.89. The number of aromatic nitrogens is 4. The van der Waals surface area contributed by atoms with Crippen molar-refractivity contribution in [2.24, 2.45) is 0 Å². The third-order valence-electron chi connectivity index (χ3n) is 3.98. The van der Waals surface area contributed by atoms with Gasteiger partial charge in [0.25, 0.3) is 0 Å². The van der Waals surface area contributed by atoms with Crippen LogP contribution in [-0.2, 0) is 17.9 Å². The van der Waals surface area contributed by atoms with E-state index in [-0.39, 0.29) is 5.91 Å². The molecule has 0 atom stereocenters. The summed E-state index contributed by atoms with van der Waals surface area (Å²) in [6.45, 7) is 5.31. The molecule has 24 heavy (non-hydrogen) atoms. The van der Waals surface area contributed by atoms with Gasteiger partial charge in [0.05, 0.1) is 6.54 Å². The summed E-state index contributed by atoms with van der Waals surface area (Å²) in [6.07, 6.45) is 3.98. The third-order valence-corrected chi connectivity index (χ3v) is 3.98. The highest BCUT2D eigenvalue weighted by Crippen LogP contribution is 2.11. The molecule has 0 aliphatic carbocycles. The lowest BCUT2D eigenvalue weighted by molar-refractivity contribution is -0.116. The first-order valence-corrected chi connectivity index (χ1v) is 7.98. The van der Waals surface area contributed by atoms with Crippen LogP contribution in [0.1, 0.15) is 23.2 Å². The number of amides is 1. The second kappa shape index (κ2) is 7.12. The van der Waals surface area contributed by atoms with E-state index in [9.17, 15) is 4.79 Å². The largest absolute Gasteiger partial charge is 0.309 e. The molecule has 0 bridgehead atoms. The van der Waals surface area contributed by atoms with Crippen LogP contribution >= 0.6 is 0 Å². The fourth-order valence-electron chi connectivity index (χ4n) is 2.52. The van der Waals surface area contributed by atoms with Crippen LogP contribution in [0.4, 0.5) is 5.82 Å². The lowest BCUT2D eigenvalue weighted by Crippen LogP contribution is -2.16. The zero-order valence-corrected chi connectivity index (χ0v) is 13.9. The molecule has 0 saturated heterocycles. The zero-order valence-electron chi connectivity index (χ0n) is 13.9. The number of nitrogens with zero attached hydrogens (tertiary/aromatic N) is 4. The molecule has 0 saturated carbocycles. The van der Waals surface area contributed by atoms with Gasteiger partial charge in [0.1, 0.15) is 0 Å². The van der Waals surface area contributed by atoms with Gasteiger partial charge in [-0.1, -0.05) is 24.3 Å². The summed E-state index contributed by atoms with van der Waals surface area (Å²) in [7, 11) is 0. The average molecular weight is 323 g/mol. The minimum Gasteiger partial charge on any atom is -0.309 e. The Morgan fingerprint density at radius 1 is 1.17 bits per heavy atom. The van der Waals surface area contributed by atoms with E-state index in [1.807, 2.05) is 46.7 Å². The summed E-state index contributed by atoms with van der Waals surface area (Å²) >= 11 is 0. The first-order valence-electron chi connectivity index (χ1n) is 7.98. The molecule has 2 heterocycles. The maximum absolute atomic E-state index is 12.0. The van der Waals surface area contributed by atoms with Gasteiger partial charge in [-0.15, -0.1) is 0 Å². The Kier molecular flexibility index (Phi) is 4.74. The van der Waals surface area contributed by atoms with Gasteiger partial charge in [0, 0.05) is 37.1 Å². The lowest BCUT2D eigenvalue weighted by Gasteiger charge is -2.06. The van der Waals surface area contributed by atoms with Gasteiger partial charge < -0.3 is 5.32 Å². The molecule has 1 N–H and O–H groups in total. The van der Waals surface area contributed by atoms with E-state index in [2.05, 4.69) is 34.6 Å². The number of aryl methyl sites for hydroxylation is 3. The van der Waals surface area contributed by atoms with Crippen molar-refractivity contribution in [2.75, 3.05) is 5.32 Å². The number of hydrogen-bond acceptors (Lipinski definition) is 3. The van der Waals surface area contributed by atoms with E-state index in [0.717, 1.165) is 5.69 Å². The molecule has 1 amide bonds. The van der Waals surface area contributed by atoms with Gasteiger partial charge in [0.2, 0.25) is 5.91 Å². The molecule has 3 rings (SSSR count). The number of carbonyl (C=O) groups is 1. The summed E-state index contributed by atoms with van der Waals surface area (Å²) in [5, 5.41) is 11.4. The molecule has 6 heteroatoms. The van der Waals surface area contributed by atoms with Crippen LogP contribution in [0.3, 0.4) is 0 Å². The van der Waals surface area contributed by atoms with Crippen molar-refractivity contribution >= 4 is 11.7 Å². The smallest absolute Gasteiger partial charge is 0.227 e. The van der Waals surface area contributed by atoms with Crippen molar-refractivity contribution in [3.63, 3.8) is 0 Å². The predicted molar refractivity (Wildman–Crippen MR) is 92.7 cm³/mol. The second-order valence-corrected chi connectivity index (χ2v) is 5.82. The van der Waals surface area contributed by atoms with Crippen LogP contribution in [0.15, 0.2) is 48.8 Å². The van der Waals surface area contributed by atoms with Crippen LogP contribution in [0.5, 0.6) is 0 Å². The normalized spacial score (nSPS) is 10.8. The van der Waals surface area contributed by atoms with Crippen molar-refractivity contribution in [3.8, 4) is 0 Å². The quantitative estimate of drug-likeness (QED) is 0.758. The summed E-state index contributed by atoms with van der Waals surface area (Å²) < 4.78 is 3.64. The average Bonchev–Trinajstić information content (AvgIpc) is 3.17. The minimum atomic E-state index is -0.0639. The van der Waals surface area contributed by atoms with Gasteiger partial charge in [-0.25, -0.2) is 0 Å². The molecule has 0 radical (unpaired) electrons. The maximum Gasteiger partial charge on any atom is 0.227 e. The van der Waals surface area contributed by atoms with Gasteiger partial charge in [-0.05, 0) is 31.0 Å². The second-order valence-electron chi connectivity index (χ2n) is 5.82. The third kappa shape index (κ3) is 3.90. The van der Waals surface area contributed by atoms with Crippen LogP contribution in [0, 0.1) is 13.8 Å². The van der Waals surface area contributed by atoms with E-state index in [1.54, 1.807) is 6.20 Å². The van der Waals surface area contributed by atoms with Crippen molar-refractivity contribution in [2.45, 2.75) is 33.4 Å². The fraction of sp³-hybridized carbons (Fsp3) is 0.278. The van der Waals surface area contributed by atoms with Crippen LogP contribution in [-0.4, -0.2) is 25.5 Å². The molecule has 6 nitrogen and oxygen atoms in total. The Balaban J connectivity index is 1.55. The van der Waals surface area contributed by atoms with Crippen molar-refractivity contribution in [1.29, 1.82) is 0 Å². The molecule has 0 aliphatic heterocycles. The highest BCUT2D eigenvalue weighted by atomic mass is 16.1. The van der Waals surface area contributed by atoms with Crippen molar-refractivity contribution in [3.05, 3.63) is 65.6 Å². The Morgan fingerprint density at radius 3 is 2.75 bits per heavy atom. The zero-order chi connectivity index (χ0) is 16.9. The van der Waals surface area contributed by atoms with E-state index in [1.165, 1.54) is 11.1 Å². The van der Waals surface area contributed by atoms with Crippen LogP contribution in [0.2, 0.25) is 0 Å². The van der Waals surface area contributed by atoms with Crippen molar-refractivity contribution in [1.82, 2.24) is 19.6 Å². The molecule has 1 aromatic carbocycles. The summed E-state index contributed by atoms with van der Waals surface area (Å²) in [5.74, 6) is 0.511. The van der Waals surface area contributed by atoms with Crippen molar-refractivity contribution < 1.29 is 4.79 Å². The summed E-state index contributed by atoms with van der Waals surface area (Å²) in [5.41, 5.74) is 3.49. The van der Waals surface area contributed by atoms with Crippen LogP contribution in [0.25, 0.3) is 0 Å². The first kappa shape index (κ1) is 16.0. The Morgan fingerprint density at radius 2 is 2.00 bits per heavy atom. The van der Waals surface area contributed by atoms with E-state index in [0.29, 0.717) is 25.3 Å². The number of rotatable bonds is 6. The van der Waals surface area contributed by atoms with Gasteiger partial charge >= 0.3 is 0 Å². The van der Waals surface area contributed by atoms with E-state index in [4.69, 9.17) is 0 Å². The summed E-state index contributed by atoms with van der Waals surface area (Å²) in [4.78, 5) is 12.0. The standard InChI is InChI=1S/C18H21N5O/c1-14-5-3-4-6-16(14)13-22-11-8-17(21-22)20-18(24)9-12-23-15(2)7-10-19-23/h3-8,10-11H,9,12-13H2,1-2H3,(H,20,21,24). The van der Waals surface area contributed by atoms with Gasteiger partial charge in [-0.2, -0.15) is 10.2 Å². The van der Waals surface area contributed by atoms with Crippen LogP contribution < -0.4 is 5.32 Å². The number of hydrogen-bond donors (Lipinski definition) is 1. The first-order chi connectivity index (χ1) is 11.6. The molecule has 0 aliphatic rings. The molecule has 0 unspecified atom stereocenters. The number of carbonyl (C=O) groups excluding carboxylic acids is 1. The Bertz CT molecular complexity index is 833.